The van der Waals surface area contributed by atoms with Crippen LogP contribution in [0.3, 0.4) is 0 Å². The summed E-state index contributed by atoms with van der Waals surface area (Å²) in [6, 6.07) is 10.2. The lowest BCUT2D eigenvalue weighted by atomic mass is 10.2. The van der Waals surface area contributed by atoms with Crippen molar-refractivity contribution in [1.82, 2.24) is 0 Å². The molecule has 2 atom stereocenters. The van der Waals surface area contributed by atoms with Gasteiger partial charge in [0.2, 0.25) is 0 Å². The molecule has 1 aromatic carbocycles. The van der Waals surface area contributed by atoms with Crippen LogP contribution in [0, 0.1) is 0 Å². The van der Waals surface area contributed by atoms with Crippen molar-refractivity contribution < 1.29 is 9.47 Å². The fraction of sp³-hybridized carbons (Fsp3) is 0.385. The summed E-state index contributed by atoms with van der Waals surface area (Å²) in [5.74, 6) is 0. The standard InChI is InChI=1S/C13H16O2/c1-11-6-5-9-13(15-11)14-10-12-7-3-2-4-8-12/h2-8,11,13H,9-10H2,1H3/t11-,13+/m1/s1. The fourth-order valence-corrected chi connectivity index (χ4v) is 1.59. The quantitative estimate of drug-likeness (QED) is 0.705. The number of ether oxygens (including phenoxy) is 2. The van der Waals surface area contributed by atoms with Crippen LogP contribution in [0.1, 0.15) is 18.9 Å². The number of rotatable bonds is 3. The number of hydrogen-bond acceptors (Lipinski definition) is 2. The van der Waals surface area contributed by atoms with E-state index in [4.69, 9.17) is 9.47 Å². The summed E-state index contributed by atoms with van der Waals surface area (Å²) in [6.07, 6.45) is 5.09. The Morgan fingerprint density at radius 1 is 1.33 bits per heavy atom. The van der Waals surface area contributed by atoms with Crippen molar-refractivity contribution in [3.63, 3.8) is 0 Å². The minimum atomic E-state index is -0.0924. The first-order chi connectivity index (χ1) is 7.34. The van der Waals surface area contributed by atoms with Gasteiger partial charge in [0.05, 0.1) is 12.7 Å². The molecular formula is C13H16O2. The molecule has 2 nitrogen and oxygen atoms in total. The Bertz CT molecular complexity index is 319. The van der Waals surface area contributed by atoms with Gasteiger partial charge in [-0.25, -0.2) is 0 Å². The minimum Gasteiger partial charge on any atom is -0.348 e. The lowest BCUT2D eigenvalue weighted by Gasteiger charge is -2.23. The predicted molar refractivity (Wildman–Crippen MR) is 59.3 cm³/mol. The van der Waals surface area contributed by atoms with Gasteiger partial charge in [-0.15, -0.1) is 0 Å². The van der Waals surface area contributed by atoms with Gasteiger partial charge >= 0.3 is 0 Å². The molecule has 0 amide bonds. The molecule has 0 unspecified atom stereocenters. The van der Waals surface area contributed by atoms with Gasteiger partial charge in [-0.2, -0.15) is 0 Å². The monoisotopic (exact) mass is 204 g/mol. The van der Waals surface area contributed by atoms with E-state index in [2.05, 4.69) is 24.3 Å². The maximum atomic E-state index is 5.67. The molecule has 0 fully saturated rings. The lowest BCUT2D eigenvalue weighted by Crippen LogP contribution is -2.24. The molecule has 15 heavy (non-hydrogen) atoms. The zero-order chi connectivity index (χ0) is 10.5. The first kappa shape index (κ1) is 10.4. The number of hydrogen-bond donors (Lipinski definition) is 0. The lowest BCUT2D eigenvalue weighted by molar-refractivity contribution is -0.165. The summed E-state index contributed by atoms with van der Waals surface area (Å²) in [6.45, 7) is 2.64. The van der Waals surface area contributed by atoms with Crippen LogP contribution in [0.15, 0.2) is 42.5 Å². The van der Waals surface area contributed by atoms with Crippen molar-refractivity contribution in [1.29, 1.82) is 0 Å². The maximum Gasteiger partial charge on any atom is 0.162 e. The van der Waals surface area contributed by atoms with E-state index < -0.39 is 0 Å². The van der Waals surface area contributed by atoms with Gasteiger partial charge in [0, 0.05) is 6.42 Å². The van der Waals surface area contributed by atoms with Crippen molar-refractivity contribution in [2.75, 3.05) is 0 Å². The summed E-state index contributed by atoms with van der Waals surface area (Å²) < 4.78 is 11.3. The second-order valence-electron chi connectivity index (χ2n) is 3.73. The highest BCUT2D eigenvalue weighted by Crippen LogP contribution is 2.14. The summed E-state index contributed by atoms with van der Waals surface area (Å²) in [5, 5.41) is 0. The third-order valence-electron chi connectivity index (χ3n) is 2.38. The molecule has 1 aliphatic heterocycles. The largest absolute Gasteiger partial charge is 0.348 e. The van der Waals surface area contributed by atoms with E-state index in [-0.39, 0.29) is 12.4 Å². The molecular weight excluding hydrogens is 188 g/mol. The highest BCUT2D eigenvalue weighted by atomic mass is 16.7. The zero-order valence-corrected chi connectivity index (χ0v) is 8.93. The molecule has 0 radical (unpaired) electrons. The Morgan fingerprint density at radius 2 is 2.13 bits per heavy atom. The van der Waals surface area contributed by atoms with E-state index >= 15 is 0 Å². The molecule has 2 rings (SSSR count). The highest BCUT2D eigenvalue weighted by Gasteiger charge is 2.14. The molecule has 0 saturated carbocycles. The van der Waals surface area contributed by atoms with Crippen LogP contribution in [0.2, 0.25) is 0 Å². The summed E-state index contributed by atoms with van der Waals surface area (Å²) in [4.78, 5) is 0. The van der Waals surface area contributed by atoms with E-state index in [1.807, 2.05) is 25.1 Å². The SMILES string of the molecule is C[C@@H]1C=CC[C@@H](OCc2ccccc2)O1. The molecule has 1 aliphatic rings. The Kier molecular flexibility index (Phi) is 3.54. The van der Waals surface area contributed by atoms with Crippen LogP contribution >= 0.6 is 0 Å². The second-order valence-corrected chi connectivity index (χ2v) is 3.73. The first-order valence-corrected chi connectivity index (χ1v) is 5.32. The first-order valence-electron chi connectivity index (χ1n) is 5.32. The topological polar surface area (TPSA) is 18.5 Å². The normalized spacial score (nSPS) is 25.4. The average molecular weight is 204 g/mol. The summed E-state index contributed by atoms with van der Waals surface area (Å²) in [7, 11) is 0. The maximum absolute atomic E-state index is 5.67. The van der Waals surface area contributed by atoms with E-state index in [9.17, 15) is 0 Å². The van der Waals surface area contributed by atoms with Crippen molar-refractivity contribution in [2.24, 2.45) is 0 Å². The van der Waals surface area contributed by atoms with Gasteiger partial charge in [0.25, 0.3) is 0 Å². The van der Waals surface area contributed by atoms with Crippen LogP contribution in [0.25, 0.3) is 0 Å². The molecule has 0 aliphatic carbocycles. The van der Waals surface area contributed by atoms with Gasteiger partial charge < -0.3 is 9.47 Å². The average Bonchev–Trinajstić information content (AvgIpc) is 2.28. The number of benzene rings is 1. The molecule has 0 N–H and O–H groups in total. The van der Waals surface area contributed by atoms with Gasteiger partial charge in [0.15, 0.2) is 6.29 Å². The second kappa shape index (κ2) is 5.10. The third kappa shape index (κ3) is 3.18. The van der Waals surface area contributed by atoms with Crippen molar-refractivity contribution >= 4 is 0 Å². The van der Waals surface area contributed by atoms with Gasteiger partial charge in [0.1, 0.15) is 0 Å². The van der Waals surface area contributed by atoms with Crippen molar-refractivity contribution in [3.8, 4) is 0 Å². The van der Waals surface area contributed by atoms with Gasteiger partial charge in [-0.1, -0.05) is 42.5 Å². The Hall–Kier alpha value is -1.12. The Morgan fingerprint density at radius 3 is 2.87 bits per heavy atom. The van der Waals surface area contributed by atoms with Crippen LogP contribution < -0.4 is 0 Å². The van der Waals surface area contributed by atoms with Crippen LogP contribution in [-0.4, -0.2) is 12.4 Å². The molecule has 1 aromatic rings. The van der Waals surface area contributed by atoms with Crippen molar-refractivity contribution in [3.05, 3.63) is 48.0 Å². The summed E-state index contributed by atoms with van der Waals surface area (Å²) in [5.41, 5.74) is 1.18. The molecule has 0 bridgehead atoms. The van der Waals surface area contributed by atoms with E-state index in [0.717, 1.165) is 6.42 Å². The Labute approximate surface area is 90.5 Å². The van der Waals surface area contributed by atoms with Crippen molar-refractivity contribution in [2.45, 2.75) is 32.3 Å². The zero-order valence-electron chi connectivity index (χ0n) is 8.93. The molecule has 2 heteroatoms. The molecule has 1 heterocycles. The molecule has 0 spiro atoms. The Balaban J connectivity index is 1.81. The van der Waals surface area contributed by atoms with Crippen LogP contribution in [0.5, 0.6) is 0 Å². The molecule has 80 valence electrons. The van der Waals surface area contributed by atoms with Crippen LogP contribution in [-0.2, 0) is 16.1 Å². The molecule has 0 aromatic heterocycles. The van der Waals surface area contributed by atoms with Crippen LogP contribution in [0.4, 0.5) is 0 Å². The smallest absolute Gasteiger partial charge is 0.162 e. The van der Waals surface area contributed by atoms with E-state index in [0.29, 0.717) is 6.61 Å². The summed E-state index contributed by atoms with van der Waals surface area (Å²) >= 11 is 0. The van der Waals surface area contributed by atoms with E-state index in [1.165, 1.54) is 5.56 Å². The van der Waals surface area contributed by atoms with Gasteiger partial charge in [-0.05, 0) is 12.5 Å². The predicted octanol–water partition coefficient (Wildman–Crippen LogP) is 2.89. The third-order valence-corrected chi connectivity index (χ3v) is 2.38. The van der Waals surface area contributed by atoms with Gasteiger partial charge in [-0.3, -0.25) is 0 Å². The minimum absolute atomic E-state index is 0.0924. The fourth-order valence-electron chi connectivity index (χ4n) is 1.59. The van der Waals surface area contributed by atoms with E-state index in [1.54, 1.807) is 0 Å². The molecule has 0 saturated heterocycles. The highest BCUT2D eigenvalue weighted by molar-refractivity contribution is 5.13.